The van der Waals surface area contributed by atoms with Gasteiger partial charge in [-0.05, 0) is 61.5 Å². The van der Waals surface area contributed by atoms with Crippen molar-refractivity contribution in [2.24, 2.45) is 11.7 Å². The Morgan fingerprint density at radius 3 is 2.42 bits per heavy atom. The van der Waals surface area contributed by atoms with E-state index in [1.807, 2.05) is 47.8 Å². The maximum Gasteiger partial charge on any atom is 0.338 e. The fourth-order valence-electron chi connectivity index (χ4n) is 5.60. The van der Waals surface area contributed by atoms with Crippen LogP contribution in [0.1, 0.15) is 42.5 Å². The molecule has 0 spiro atoms. The van der Waals surface area contributed by atoms with Crippen LogP contribution in [0.15, 0.2) is 94.8 Å². The first kappa shape index (κ1) is 27.3. The SMILES string of the molecule is CCOC(=O)C1=C(N)N(c2ccccc2)C2=C(C(=O)[C@H](C(=O)OCC)[C@H](c3cccs3)C2)[C@H]1c1cccc(F)c1. The van der Waals surface area contributed by atoms with Crippen LogP contribution in [0.25, 0.3) is 0 Å². The molecule has 0 amide bonds. The minimum absolute atomic E-state index is 0.0144. The van der Waals surface area contributed by atoms with Crippen molar-refractivity contribution in [2.75, 3.05) is 18.1 Å². The van der Waals surface area contributed by atoms with Crippen LogP contribution < -0.4 is 10.6 Å². The summed E-state index contributed by atoms with van der Waals surface area (Å²) in [5.74, 6) is -4.99. The van der Waals surface area contributed by atoms with E-state index >= 15 is 0 Å². The van der Waals surface area contributed by atoms with Crippen LogP contribution in [0.5, 0.6) is 0 Å². The summed E-state index contributed by atoms with van der Waals surface area (Å²) in [4.78, 5) is 44.0. The predicted octanol–water partition coefficient (Wildman–Crippen LogP) is 5.41. The Kier molecular flexibility index (Phi) is 7.84. The zero-order valence-corrected chi connectivity index (χ0v) is 23.0. The molecule has 2 aromatic carbocycles. The predicted molar refractivity (Wildman–Crippen MR) is 150 cm³/mol. The van der Waals surface area contributed by atoms with Gasteiger partial charge in [0, 0.05) is 27.8 Å². The van der Waals surface area contributed by atoms with Gasteiger partial charge in [0.2, 0.25) is 0 Å². The molecule has 3 atom stereocenters. The molecule has 0 radical (unpaired) electrons. The number of anilines is 1. The minimum atomic E-state index is -1.14. The third kappa shape index (κ3) is 4.81. The number of hydrogen-bond acceptors (Lipinski definition) is 8. The smallest absolute Gasteiger partial charge is 0.338 e. The van der Waals surface area contributed by atoms with E-state index in [4.69, 9.17) is 15.2 Å². The van der Waals surface area contributed by atoms with E-state index in [0.29, 0.717) is 16.9 Å². The highest BCUT2D eigenvalue weighted by Gasteiger charge is 2.51. The summed E-state index contributed by atoms with van der Waals surface area (Å²) in [7, 11) is 0. The molecule has 2 N–H and O–H groups in total. The van der Waals surface area contributed by atoms with Crippen LogP contribution in [-0.4, -0.2) is 30.9 Å². The standard InChI is InChI=1S/C31H29FN2O5S/c1-3-38-30(36)25-21(23-14-9-15-40-23)17-22-26(28(25)35)24(18-10-8-11-19(32)16-18)27(31(37)39-4-2)29(33)34(22)20-12-6-5-7-13-20/h5-16,21,24-25H,3-4,17,33H2,1-2H3/t21-,24+,25+/m0/s1. The summed E-state index contributed by atoms with van der Waals surface area (Å²) in [6.07, 6.45) is 0.266. The van der Waals surface area contributed by atoms with E-state index < -0.39 is 41.3 Å². The molecule has 0 bridgehead atoms. The van der Waals surface area contributed by atoms with Gasteiger partial charge in [0.15, 0.2) is 5.78 Å². The second-order valence-electron chi connectivity index (χ2n) is 9.46. The van der Waals surface area contributed by atoms with Crippen molar-refractivity contribution < 1.29 is 28.2 Å². The van der Waals surface area contributed by atoms with Crippen LogP contribution in [-0.2, 0) is 23.9 Å². The van der Waals surface area contributed by atoms with E-state index in [1.165, 1.54) is 29.5 Å². The van der Waals surface area contributed by atoms with Gasteiger partial charge in [-0.2, -0.15) is 0 Å². The van der Waals surface area contributed by atoms with Crippen molar-refractivity contribution in [3.63, 3.8) is 0 Å². The van der Waals surface area contributed by atoms with Gasteiger partial charge >= 0.3 is 11.9 Å². The molecule has 2 heterocycles. The number of nitrogens with two attached hydrogens (primary N) is 1. The molecule has 0 fully saturated rings. The number of halogens is 1. The molecule has 40 heavy (non-hydrogen) atoms. The van der Waals surface area contributed by atoms with Crippen LogP contribution >= 0.6 is 11.3 Å². The fraction of sp³-hybridized carbons (Fsp3) is 0.258. The van der Waals surface area contributed by atoms with Gasteiger partial charge < -0.3 is 15.2 Å². The molecule has 2 aliphatic rings. The Labute approximate surface area is 235 Å². The highest BCUT2D eigenvalue weighted by molar-refractivity contribution is 7.10. The highest BCUT2D eigenvalue weighted by Crippen LogP contribution is 2.52. The number of thiophene rings is 1. The molecule has 3 aromatic rings. The van der Waals surface area contributed by atoms with Crippen LogP contribution in [0.4, 0.5) is 10.1 Å². The molecule has 0 saturated heterocycles. The second-order valence-corrected chi connectivity index (χ2v) is 10.4. The Morgan fingerprint density at radius 1 is 1.02 bits per heavy atom. The number of hydrogen-bond donors (Lipinski definition) is 1. The lowest BCUT2D eigenvalue weighted by atomic mass is 9.68. The zero-order valence-electron chi connectivity index (χ0n) is 22.1. The molecule has 1 aromatic heterocycles. The number of para-hydroxylation sites is 1. The Hall–Kier alpha value is -4.24. The molecule has 9 heteroatoms. The van der Waals surface area contributed by atoms with Crippen LogP contribution in [0.2, 0.25) is 0 Å². The van der Waals surface area contributed by atoms with Gasteiger partial charge in [0.1, 0.15) is 17.6 Å². The number of ether oxygens (including phenoxy) is 2. The van der Waals surface area contributed by atoms with Crippen LogP contribution in [0, 0.1) is 11.7 Å². The second kappa shape index (κ2) is 11.5. The number of rotatable bonds is 7. The summed E-state index contributed by atoms with van der Waals surface area (Å²) < 4.78 is 25.4. The van der Waals surface area contributed by atoms with Crippen LogP contribution in [0.3, 0.4) is 0 Å². The largest absolute Gasteiger partial charge is 0.465 e. The lowest BCUT2D eigenvalue weighted by Crippen LogP contribution is -2.46. The minimum Gasteiger partial charge on any atom is -0.465 e. The van der Waals surface area contributed by atoms with Crippen molar-refractivity contribution in [1.82, 2.24) is 0 Å². The quantitative estimate of drug-likeness (QED) is 0.305. The summed E-state index contributed by atoms with van der Waals surface area (Å²) in [5.41, 5.74) is 8.56. The number of allylic oxidation sites excluding steroid dienone is 2. The lowest BCUT2D eigenvalue weighted by molar-refractivity contribution is -0.152. The number of carbonyl (C=O) groups is 3. The third-order valence-electron chi connectivity index (χ3n) is 7.18. The Morgan fingerprint density at radius 2 is 1.77 bits per heavy atom. The normalized spacial score (nSPS) is 20.8. The molecular weight excluding hydrogens is 531 g/mol. The zero-order chi connectivity index (χ0) is 28.4. The molecule has 1 aliphatic carbocycles. The first-order valence-electron chi connectivity index (χ1n) is 13.1. The number of benzene rings is 2. The van der Waals surface area contributed by atoms with Gasteiger partial charge in [-0.1, -0.05) is 36.4 Å². The van der Waals surface area contributed by atoms with Gasteiger partial charge in [0.05, 0.1) is 24.7 Å². The first-order valence-corrected chi connectivity index (χ1v) is 14.0. The maximum absolute atomic E-state index is 14.6. The lowest BCUT2D eigenvalue weighted by Gasteiger charge is -2.43. The molecule has 206 valence electrons. The number of nitrogens with zero attached hydrogens (tertiary/aromatic N) is 1. The molecule has 7 nitrogen and oxygen atoms in total. The van der Waals surface area contributed by atoms with Crippen molar-refractivity contribution in [3.8, 4) is 0 Å². The van der Waals surface area contributed by atoms with Crippen molar-refractivity contribution in [2.45, 2.75) is 32.1 Å². The molecule has 0 unspecified atom stereocenters. The number of ketones is 1. The summed E-state index contributed by atoms with van der Waals surface area (Å²) in [6.45, 7) is 3.53. The van der Waals surface area contributed by atoms with Gasteiger partial charge in [-0.15, -0.1) is 11.3 Å². The van der Waals surface area contributed by atoms with E-state index in [2.05, 4.69) is 0 Å². The van der Waals surface area contributed by atoms with E-state index in [9.17, 15) is 18.8 Å². The van der Waals surface area contributed by atoms with Gasteiger partial charge in [0.25, 0.3) is 0 Å². The fourth-order valence-corrected chi connectivity index (χ4v) is 6.47. The number of esters is 2. The van der Waals surface area contributed by atoms with Crippen molar-refractivity contribution >= 4 is 34.7 Å². The van der Waals surface area contributed by atoms with Gasteiger partial charge in [-0.3, -0.25) is 14.5 Å². The Bertz CT molecular complexity index is 1500. The number of carbonyl (C=O) groups excluding carboxylic acids is 3. The van der Waals surface area contributed by atoms with Crippen molar-refractivity contribution in [3.05, 3.63) is 111 Å². The third-order valence-corrected chi connectivity index (χ3v) is 8.18. The number of Topliss-reactive ketones (excluding diaryl/α,β-unsaturated/α-hetero) is 1. The maximum atomic E-state index is 14.6. The van der Waals surface area contributed by atoms with Gasteiger partial charge in [-0.25, -0.2) is 9.18 Å². The topological polar surface area (TPSA) is 98.9 Å². The molecule has 1 aliphatic heterocycles. The average Bonchev–Trinajstić information content (AvgIpc) is 3.48. The van der Waals surface area contributed by atoms with E-state index in [1.54, 1.807) is 24.8 Å². The molecular formula is C31H29FN2O5S. The first-order chi connectivity index (χ1) is 19.4. The summed E-state index contributed by atoms with van der Waals surface area (Å²) >= 11 is 1.45. The van der Waals surface area contributed by atoms with E-state index in [0.717, 1.165) is 4.88 Å². The molecule has 0 saturated carbocycles. The molecule has 5 rings (SSSR count). The average molecular weight is 561 g/mol. The summed E-state index contributed by atoms with van der Waals surface area (Å²) in [6, 6.07) is 18.6. The summed E-state index contributed by atoms with van der Waals surface area (Å²) in [5, 5.41) is 1.89. The van der Waals surface area contributed by atoms with Crippen molar-refractivity contribution in [1.29, 1.82) is 0 Å². The Balaban J connectivity index is 1.81. The highest BCUT2D eigenvalue weighted by atomic mass is 32.1. The monoisotopic (exact) mass is 560 g/mol. The van der Waals surface area contributed by atoms with E-state index in [-0.39, 0.29) is 36.6 Å².